The van der Waals surface area contributed by atoms with Crippen LogP contribution in [0.5, 0.6) is 0 Å². The molecule has 1 aromatic rings. The Hall–Kier alpha value is -0.890. The lowest BCUT2D eigenvalue weighted by Gasteiger charge is -2.25. The maximum atomic E-state index is 12.7. The number of hydrogen-bond acceptors (Lipinski definition) is 5. The van der Waals surface area contributed by atoms with Crippen molar-refractivity contribution in [3.63, 3.8) is 0 Å². The summed E-state index contributed by atoms with van der Waals surface area (Å²) in [5.41, 5.74) is 0. The molecule has 0 radical (unpaired) electrons. The molecule has 7 heteroatoms. The number of nitrogens with one attached hydrogen (secondary N) is 1. The number of hydrogen-bond donors (Lipinski definition) is 1. The summed E-state index contributed by atoms with van der Waals surface area (Å²) >= 11 is 0. The van der Waals surface area contributed by atoms with Crippen molar-refractivity contribution in [2.24, 2.45) is 0 Å². The quantitative estimate of drug-likeness (QED) is 0.816. The van der Waals surface area contributed by atoms with Crippen molar-refractivity contribution in [1.29, 1.82) is 0 Å². The second kappa shape index (κ2) is 6.91. The fourth-order valence-corrected chi connectivity index (χ4v) is 4.30. The van der Waals surface area contributed by atoms with Crippen LogP contribution in [0.15, 0.2) is 21.6 Å². The molecule has 21 heavy (non-hydrogen) atoms. The minimum absolute atomic E-state index is 0.0346. The van der Waals surface area contributed by atoms with Crippen molar-refractivity contribution in [2.75, 3.05) is 33.7 Å². The smallest absolute Gasteiger partial charge is 0.276 e. The lowest BCUT2D eigenvalue weighted by Crippen LogP contribution is -2.41. The minimum atomic E-state index is -3.53. The van der Waals surface area contributed by atoms with Gasteiger partial charge >= 0.3 is 0 Å². The van der Waals surface area contributed by atoms with E-state index in [0.29, 0.717) is 18.8 Å². The molecule has 1 saturated heterocycles. The van der Waals surface area contributed by atoms with Gasteiger partial charge in [-0.15, -0.1) is 0 Å². The average Bonchev–Trinajstić information content (AvgIpc) is 3.04. The lowest BCUT2D eigenvalue weighted by molar-refractivity contribution is 0.284. The van der Waals surface area contributed by atoms with Crippen LogP contribution in [0.25, 0.3) is 0 Å². The van der Waals surface area contributed by atoms with Crippen molar-refractivity contribution in [1.82, 2.24) is 14.5 Å². The number of rotatable bonds is 7. The van der Waals surface area contributed by atoms with Crippen LogP contribution in [0.4, 0.5) is 0 Å². The molecule has 1 fully saturated rings. The number of sulfonamides is 1. The third-order valence-electron chi connectivity index (χ3n) is 3.65. The monoisotopic (exact) mass is 315 g/mol. The molecular formula is C14H25N3O3S. The van der Waals surface area contributed by atoms with E-state index in [9.17, 15) is 8.42 Å². The van der Waals surface area contributed by atoms with Gasteiger partial charge in [-0.05, 0) is 45.6 Å². The van der Waals surface area contributed by atoms with E-state index in [2.05, 4.69) is 5.32 Å². The summed E-state index contributed by atoms with van der Waals surface area (Å²) in [7, 11) is 0.400. The van der Waals surface area contributed by atoms with Crippen LogP contribution in [0.1, 0.15) is 25.5 Å². The average molecular weight is 315 g/mol. The molecule has 0 aliphatic carbocycles. The molecule has 1 aliphatic heterocycles. The van der Waals surface area contributed by atoms with Gasteiger partial charge in [0.1, 0.15) is 5.76 Å². The largest absolute Gasteiger partial charge is 0.447 e. The third kappa shape index (κ3) is 3.85. The zero-order valence-corrected chi connectivity index (χ0v) is 13.8. The van der Waals surface area contributed by atoms with Gasteiger partial charge in [-0.1, -0.05) is 6.92 Å². The predicted molar refractivity (Wildman–Crippen MR) is 81.6 cm³/mol. The zero-order valence-electron chi connectivity index (χ0n) is 13.0. The summed E-state index contributed by atoms with van der Waals surface area (Å²) in [6.45, 7) is 4.68. The Balaban J connectivity index is 2.15. The second-order valence-corrected chi connectivity index (χ2v) is 7.50. The maximum absolute atomic E-state index is 12.7. The molecule has 0 saturated carbocycles. The highest BCUT2D eigenvalue weighted by Gasteiger charge is 2.37. The van der Waals surface area contributed by atoms with Crippen molar-refractivity contribution in [3.8, 4) is 0 Å². The first-order valence-electron chi connectivity index (χ1n) is 7.41. The van der Waals surface area contributed by atoms with Crippen LogP contribution in [-0.4, -0.2) is 57.4 Å². The van der Waals surface area contributed by atoms with Gasteiger partial charge in [0.25, 0.3) is 10.0 Å². The van der Waals surface area contributed by atoms with E-state index in [1.807, 2.05) is 25.9 Å². The summed E-state index contributed by atoms with van der Waals surface area (Å²) in [5.74, 6) is 0.652. The summed E-state index contributed by atoms with van der Waals surface area (Å²) in [6.07, 6.45) is 1.81. The third-order valence-corrected chi connectivity index (χ3v) is 5.47. The van der Waals surface area contributed by atoms with Crippen LogP contribution in [0.3, 0.4) is 0 Å². The predicted octanol–water partition coefficient (Wildman–Crippen LogP) is 1.10. The molecule has 0 bridgehead atoms. The van der Waals surface area contributed by atoms with Crippen LogP contribution >= 0.6 is 0 Å². The molecule has 1 unspecified atom stereocenters. The molecule has 1 atom stereocenters. The summed E-state index contributed by atoms with van der Waals surface area (Å²) in [5, 5.41) is 3.18. The van der Waals surface area contributed by atoms with Crippen molar-refractivity contribution < 1.29 is 12.8 Å². The van der Waals surface area contributed by atoms with Gasteiger partial charge in [-0.2, -0.15) is 4.31 Å². The van der Waals surface area contributed by atoms with Crippen molar-refractivity contribution in [2.45, 2.75) is 37.4 Å². The highest BCUT2D eigenvalue weighted by atomic mass is 32.2. The van der Waals surface area contributed by atoms with Gasteiger partial charge in [0.2, 0.25) is 5.09 Å². The first-order chi connectivity index (χ1) is 9.95. The molecule has 1 aliphatic rings. The Morgan fingerprint density at radius 1 is 1.43 bits per heavy atom. The first-order valence-corrected chi connectivity index (χ1v) is 8.85. The van der Waals surface area contributed by atoms with Gasteiger partial charge in [0, 0.05) is 19.1 Å². The maximum Gasteiger partial charge on any atom is 0.276 e. The van der Waals surface area contributed by atoms with Gasteiger partial charge in [-0.25, -0.2) is 8.42 Å². The Morgan fingerprint density at radius 2 is 2.19 bits per heavy atom. The van der Waals surface area contributed by atoms with Crippen LogP contribution in [0, 0.1) is 0 Å². The molecule has 1 aromatic heterocycles. The fraction of sp³-hybridized carbons (Fsp3) is 0.714. The Morgan fingerprint density at radius 3 is 2.86 bits per heavy atom. The summed E-state index contributed by atoms with van der Waals surface area (Å²) in [4.78, 5) is 2.03. The topological polar surface area (TPSA) is 65.8 Å². The number of furan rings is 1. The van der Waals surface area contributed by atoms with Gasteiger partial charge in [-0.3, -0.25) is 0 Å². The van der Waals surface area contributed by atoms with Crippen LogP contribution in [-0.2, 0) is 16.6 Å². The minimum Gasteiger partial charge on any atom is -0.447 e. The number of likely N-dealkylation sites (N-methyl/N-ethyl adjacent to an activating group) is 1. The molecule has 0 spiro atoms. The summed E-state index contributed by atoms with van der Waals surface area (Å²) in [6, 6.07) is 3.33. The van der Waals surface area contributed by atoms with E-state index in [1.165, 1.54) is 0 Å². The second-order valence-electron chi connectivity index (χ2n) is 5.68. The normalized spacial score (nSPS) is 20.5. The van der Waals surface area contributed by atoms with E-state index >= 15 is 0 Å². The van der Waals surface area contributed by atoms with Gasteiger partial charge in [0.15, 0.2) is 0 Å². The molecule has 2 heterocycles. The first kappa shape index (κ1) is 16.5. The van der Waals surface area contributed by atoms with E-state index in [1.54, 1.807) is 16.4 Å². The molecule has 1 N–H and O–H groups in total. The van der Waals surface area contributed by atoms with Gasteiger partial charge < -0.3 is 14.6 Å². The molecule has 0 aromatic carbocycles. The van der Waals surface area contributed by atoms with Crippen molar-refractivity contribution in [3.05, 3.63) is 17.9 Å². The van der Waals surface area contributed by atoms with Crippen molar-refractivity contribution >= 4 is 10.0 Å². The molecule has 6 nitrogen and oxygen atoms in total. The number of nitrogens with zero attached hydrogens (tertiary/aromatic N) is 2. The Labute approximate surface area is 127 Å². The van der Waals surface area contributed by atoms with E-state index in [4.69, 9.17) is 4.42 Å². The molecule has 120 valence electrons. The summed E-state index contributed by atoms with van der Waals surface area (Å²) < 4.78 is 32.5. The lowest BCUT2D eigenvalue weighted by atomic mass is 10.2. The standard InChI is InChI=1S/C14H25N3O3S/c1-4-15-10-13-7-8-14(20-13)21(18,19)17-9-5-6-12(17)11-16(2)3/h7-8,12,15H,4-6,9-11H2,1-3H3. The Kier molecular flexibility index (Phi) is 5.43. The fourth-order valence-electron chi connectivity index (χ4n) is 2.69. The highest BCUT2D eigenvalue weighted by molar-refractivity contribution is 7.89. The highest BCUT2D eigenvalue weighted by Crippen LogP contribution is 2.27. The SMILES string of the molecule is CCNCc1ccc(S(=O)(=O)N2CCCC2CN(C)C)o1. The molecule has 0 amide bonds. The Bertz CT molecular complexity index is 554. The van der Waals surface area contributed by atoms with Gasteiger partial charge in [0.05, 0.1) is 6.54 Å². The van der Waals surface area contributed by atoms with E-state index in [-0.39, 0.29) is 11.1 Å². The van der Waals surface area contributed by atoms with E-state index < -0.39 is 10.0 Å². The molecule has 2 rings (SSSR count). The van der Waals surface area contributed by atoms with E-state index in [0.717, 1.165) is 25.9 Å². The zero-order chi connectivity index (χ0) is 15.5. The molecular weight excluding hydrogens is 290 g/mol. The van der Waals surface area contributed by atoms with Crippen LogP contribution < -0.4 is 5.32 Å². The van der Waals surface area contributed by atoms with Crippen LogP contribution in [0.2, 0.25) is 0 Å².